The number of rotatable bonds is 7. The van der Waals surface area contributed by atoms with Gasteiger partial charge in [0.2, 0.25) is 0 Å². The molecule has 0 atom stereocenters. The van der Waals surface area contributed by atoms with Crippen molar-refractivity contribution in [3.63, 3.8) is 0 Å². The minimum Gasteiger partial charge on any atom is -0.497 e. The fourth-order valence-electron chi connectivity index (χ4n) is 5.22. The summed E-state index contributed by atoms with van der Waals surface area (Å²) in [5.41, 5.74) is 4.40. The summed E-state index contributed by atoms with van der Waals surface area (Å²) in [7, 11) is 3.36. The van der Waals surface area contributed by atoms with Gasteiger partial charge < -0.3 is 19.8 Å². The largest absolute Gasteiger partial charge is 0.497 e. The van der Waals surface area contributed by atoms with Gasteiger partial charge in [-0.25, -0.2) is 0 Å². The Morgan fingerprint density at radius 1 is 0.865 bits per heavy atom. The maximum atomic E-state index is 5.53. The molecule has 7 heteroatoms. The van der Waals surface area contributed by atoms with Crippen molar-refractivity contribution in [3.8, 4) is 22.8 Å². The Morgan fingerprint density at radius 3 is 2.43 bits per heavy atom. The second-order valence-electron chi connectivity index (χ2n) is 9.63. The number of fused-ring (bicyclic) bond motifs is 2. The minimum atomic E-state index is 0.346. The number of nitrogens with one attached hydrogen (secondary N) is 2. The maximum absolute atomic E-state index is 5.53. The van der Waals surface area contributed by atoms with Gasteiger partial charge >= 0.3 is 0 Å². The van der Waals surface area contributed by atoms with E-state index >= 15 is 0 Å². The van der Waals surface area contributed by atoms with Crippen LogP contribution < -0.4 is 14.8 Å². The van der Waals surface area contributed by atoms with E-state index in [1.807, 2.05) is 42.6 Å². The second kappa shape index (κ2) is 10.1. The number of aromatic amines is 1. The minimum absolute atomic E-state index is 0.346. The topological polar surface area (TPSA) is 75.3 Å². The molecule has 2 N–H and O–H groups in total. The summed E-state index contributed by atoms with van der Waals surface area (Å²) in [6.07, 6.45) is 4.11. The molecule has 3 heterocycles. The molecule has 7 nitrogen and oxygen atoms in total. The fraction of sp³-hybridized carbons (Fsp3) is 0.267. The van der Waals surface area contributed by atoms with E-state index in [1.165, 1.54) is 16.5 Å². The molecule has 2 aromatic heterocycles. The highest BCUT2D eigenvalue weighted by atomic mass is 16.5. The molecule has 6 rings (SSSR count). The van der Waals surface area contributed by atoms with Crippen LogP contribution in [-0.2, 0) is 6.54 Å². The molecule has 1 saturated heterocycles. The first kappa shape index (κ1) is 23.3. The van der Waals surface area contributed by atoms with Crippen molar-refractivity contribution in [2.75, 3.05) is 32.6 Å². The lowest BCUT2D eigenvalue weighted by Crippen LogP contribution is -2.38. The van der Waals surface area contributed by atoms with Crippen molar-refractivity contribution in [1.29, 1.82) is 0 Å². The van der Waals surface area contributed by atoms with Crippen molar-refractivity contribution in [2.24, 2.45) is 0 Å². The normalized spacial score (nSPS) is 14.8. The summed E-state index contributed by atoms with van der Waals surface area (Å²) in [6, 6.07) is 23.2. The van der Waals surface area contributed by atoms with Crippen LogP contribution in [0.1, 0.15) is 18.4 Å². The molecule has 0 aliphatic carbocycles. The molecule has 0 spiro atoms. The van der Waals surface area contributed by atoms with Crippen LogP contribution in [0.2, 0.25) is 0 Å². The van der Waals surface area contributed by atoms with Gasteiger partial charge in [-0.2, -0.15) is 0 Å². The highest BCUT2D eigenvalue weighted by Gasteiger charge is 2.21. The first-order valence-corrected chi connectivity index (χ1v) is 12.7. The lowest BCUT2D eigenvalue weighted by molar-refractivity contribution is 0.211. The number of benzene rings is 3. The number of H-pyrrole nitrogens is 1. The Labute approximate surface area is 216 Å². The van der Waals surface area contributed by atoms with Crippen LogP contribution in [0.4, 0.5) is 5.82 Å². The Bertz CT molecular complexity index is 1520. The number of ether oxygens (including phenoxy) is 2. The third-order valence-corrected chi connectivity index (χ3v) is 7.30. The molecule has 37 heavy (non-hydrogen) atoms. The summed E-state index contributed by atoms with van der Waals surface area (Å²) < 4.78 is 10.8. The highest BCUT2D eigenvalue weighted by molar-refractivity contribution is 6.00. The lowest BCUT2D eigenvalue weighted by atomic mass is 10.0. The molecule has 1 aliphatic rings. The van der Waals surface area contributed by atoms with E-state index in [2.05, 4.69) is 55.7 Å². The molecule has 0 bridgehead atoms. The van der Waals surface area contributed by atoms with E-state index in [-0.39, 0.29) is 0 Å². The summed E-state index contributed by atoms with van der Waals surface area (Å²) in [5.74, 6) is 2.43. The third-order valence-electron chi connectivity index (χ3n) is 7.30. The predicted molar refractivity (Wildman–Crippen MR) is 148 cm³/mol. The molecule has 1 fully saturated rings. The molecular weight excluding hydrogens is 462 g/mol. The molecule has 5 aromatic rings. The molecule has 0 saturated carbocycles. The monoisotopic (exact) mass is 493 g/mol. The van der Waals surface area contributed by atoms with Gasteiger partial charge in [-0.3, -0.25) is 4.90 Å². The van der Waals surface area contributed by atoms with Crippen LogP contribution in [0.15, 0.2) is 72.9 Å². The average Bonchev–Trinajstić information content (AvgIpc) is 3.42. The first-order valence-electron chi connectivity index (χ1n) is 12.7. The standard InChI is InChI=1S/C30H31N5O2/c1-36-24-6-4-21(5-7-24)29-26-9-8-25(37-2)18-27(26)30(34-33-29)32-23-12-15-35(16-13-23)19-20-3-10-28-22(17-20)11-14-31-28/h3-11,14,17-18,23,31H,12-13,15-16,19H2,1-2H3,(H,32,34). The predicted octanol–water partition coefficient (Wildman–Crippen LogP) is 5.87. The van der Waals surface area contributed by atoms with Crippen molar-refractivity contribution in [2.45, 2.75) is 25.4 Å². The zero-order chi connectivity index (χ0) is 25.2. The zero-order valence-corrected chi connectivity index (χ0v) is 21.2. The number of piperidine rings is 1. The quantitative estimate of drug-likeness (QED) is 0.295. The van der Waals surface area contributed by atoms with Crippen molar-refractivity contribution in [3.05, 3.63) is 78.5 Å². The van der Waals surface area contributed by atoms with E-state index in [1.54, 1.807) is 14.2 Å². The molecular formula is C30H31N5O2. The summed E-state index contributed by atoms with van der Waals surface area (Å²) >= 11 is 0. The lowest BCUT2D eigenvalue weighted by Gasteiger charge is -2.32. The van der Waals surface area contributed by atoms with Crippen LogP contribution in [0.3, 0.4) is 0 Å². The van der Waals surface area contributed by atoms with Gasteiger partial charge in [0.05, 0.1) is 14.2 Å². The maximum Gasteiger partial charge on any atom is 0.156 e. The SMILES string of the molecule is COc1ccc(-c2nnc(NC3CCN(Cc4ccc5[nH]ccc5c4)CC3)c3cc(OC)ccc23)cc1. The number of hydrogen-bond acceptors (Lipinski definition) is 6. The number of likely N-dealkylation sites (tertiary alicyclic amines) is 1. The average molecular weight is 494 g/mol. The highest BCUT2D eigenvalue weighted by Crippen LogP contribution is 2.34. The Morgan fingerprint density at radius 2 is 1.65 bits per heavy atom. The second-order valence-corrected chi connectivity index (χ2v) is 9.63. The molecule has 0 radical (unpaired) electrons. The van der Waals surface area contributed by atoms with Gasteiger partial charge in [0.25, 0.3) is 0 Å². The number of methoxy groups -OCH3 is 2. The molecule has 3 aromatic carbocycles. The number of nitrogens with zero attached hydrogens (tertiary/aromatic N) is 3. The van der Waals surface area contributed by atoms with E-state index in [9.17, 15) is 0 Å². The fourth-order valence-corrected chi connectivity index (χ4v) is 5.22. The third kappa shape index (κ3) is 4.82. The van der Waals surface area contributed by atoms with Crippen molar-refractivity contribution in [1.82, 2.24) is 20.1 Å². The van der Waals surface area contributed by atoms with Gasteiger partial charge in [-0.05, 0) is 84.5 Å². The van der Waals surface area contributed by atoms with Gasteiger partial charge in [0.1, 0.15) is 17.2 Å². The van der Waals surface area contributed by atoms with Gasteiger partial charge in [-0.1, -0.05) is 6.07 Å². The number of aromatic nitrogens is 3. The van der Waals surface area contributed by atoms with Crippen LogP contribution in [0.25, 0.3) is 32.9 Å². The van der Waals surface area contributed by atoms with Gasteiger partial charge in [-0.15, -0.1) is 10.2 Å². The van der Waals surface area contributed by atoms with E-state index in [0.717, 1.165) is 71.8 Å². The molecule has 0 unspecified atom stereocenters. The molecule has 1 aliphatic heterocycles. The zero-order valence-electron chi connectivity index (χ0n) is 21.2. The Balaban J connectivity index is 1.19. The van der Waals surface area contributed by atoms with Gasteiger partial charge in [0, 0.05) is 53.7 Å². The van der Waals surface area contributed by atoms with Crippen molar-refractivity contribution >= 4 is 27.5 Å². The smallest absolute Gasteiger partial charge is 0.156 e. The first-order chi connectivity index (χ1) is 18.2. The van der Waals surface area contributed by atoms with E-state index in [4.69, 9.17) is 9.47 Å². The van der Waals surface area contributed by atoms with Crippen LogP contribution in [0.5, 0.6) is 11.5 Å². The summed E-state index contributed by atoms with van der Waals surface area (Å²) in [5, 5.41) is 16.3. The van der Waals surface area contributed by atoms with Crippen LogP contribution >= 0.6 is 0 Å². The molecule has 0 amide bonds. The number of hydrogen-bond donors (Lipinski definition) is 2. The van der Waals surface area contributed by atoms with E-state index in [0.29, 0.717) is 6.04 Å². The van der Waals surface area contributed by atoms with Crippen LogP contribution in [-0.4, -0.2) is 53.4 Å². The summed E-state index contributed by atoms with van der Waals surface area (Å²) in [4.78, 5) is 5.80. The summed E-state index contributed by atoms with van der Waals surface area (Å²) in [6.45, 7) is 3.06. The van der Waals surface area contributed by atoms with Crippen molar-refractivity contribution < 1.29 is 9.47 Å². The Hall–Kier alpha value is -4.10. The van der Waals surface area contributed by atoms with E-state index < -0.39 is 0 Å². The Kier molecular flexibility index (Phi) is 6.37. The number of anilines is 1. The molecule has 188 valence electrons. The van der Waals surface area contributed by atoms with Gasteiger partial charge in [0.15, 0.2) is 5.82 Å². The van der Waals surface area contributed by atoms with Crippen LogP contribution in [0, 0.1) is 0 Å².